The molecule has 1 N–H and O–H groups in total. The highest BCUT2D eigenvalue weighted by molar-refractivity contribution is 14.0. The summed E-state index contributed by atoms with van der Waals surface area (Å²) in [6, 6.07) is 3.47. The third-order valence-corrected chi connectivity index (χ3v) is 4.37. The van der Waals surface area contributed by atoms with Crippen LogP contribution in [-0.4, -0.2) is 71.4 Å². The molecule has 0 unspecified atom stereocenters. The second kappa shape index (κ2) is 10.5. The number of amides is 1. The van der Waals surface area contributed by atoms with Crippen LogP contribution in [0.4, 0.5) is 5.69 Å². The maximum Gasteiger partial charge on any atom is 0.246 e. The Hall–Kier alpha value is -2.08. The van der Waals surface area contributed by atoms with Crippen molar-refractivity contribution in [2.24, 2.45) is 12.0 Å². The minimum absolute atomic E-state index is 0. The highest BCUT2D eigenvalue weighted by atomic mass is 127. The standard InChI is InChI=1S/C17H22ClN7O2.HI/c1-19-17(21-6-9-27-16-14(18)4-3-5-20-16)24-7-8-25(15(26)12-24)13-10-22-23(2)11-13;/h3-5,10-11H,6-9,12H2,1-2H3,(H,19,21);1H. The fourth-order valence-corrected chi connectivity index (χ4v) is 2.97. The van der Waals surface area contributed by atoms with Gasteiger partial charge in [-0.05, 0) is 12.1 Å². The van der Waals surface area contributed by atoms with E-state index in [9.17, 15) is 4.79 Å². The molecular weight excluding hydrogens is 497 g/mol. The number of hydrogen-bond donors (Lipinski definition) is 1. The van der Waals surface area contributed by atoms with Crippen molar-refractivity contribution in [2.75, 3.05) is 44.7 Å². The lowest BCUT2D eigenvalue weighted by Crippen LogP contribution is -2.55. The maximum atomic E-state index is 12.5. The first kappa shape index (κ1) is 22.2. The molecule has 0 spiro atoms. The lowest BCUT2D eigenvalue weighted by Gasteiger charge is -2.35. The number of guanidine groups is 1. The molecule has 1 amide bonds. The second-order valence-electron chi connectivity index (χ2n) is 5.95. The molecule has 3 heterocycles. The van der Waals surface area contributed by atoms with Gasteiger partial charge in [0.05, 0.1) is 18.4 Å². The minimum atomic E-state index is 0. The molecule has 1 aliphatic rings. The molecule has 0 aliphatic carbocycles. The van der Waals surface area contributed by atoms with Crippen molar-refractivity contribution >= 4 is 53.1 Å². The van der Waals surface area contributed by atoms with Crippen LogP contribution < -0.4 is 15.0 Å². The highest BCUT2D eigenvalue weighted by Crippen LogP contribution is 2.19. The summed E-state index contributed by atoms with van der Waals surface area (Å²) in [5.41, 5.74) is 0.811. The van der Waals surface area contributed by atoms with Crippen LogP contribution in [0.1, 0.15) is 0 Å². The second-order valence-corrected chi connectivity index (χ2v) is 6.36. The average Bonchev–Trinajstić information content (AvgIpc) is 3.09. The van der Waals surface area contributed by atoms with Crippen molar-refractivity contribution < 1.29 is 9.53 Å². The molecule has 1 fully saturated rings. The van der Waals surface area contributed by atoms with E-state index in [0.29, 0.717) is 43.1 Å². The Kier molecular flexibility index (Phi) is 8.30. The van der Waals surface area contributed by atoms with E-state index in [-0.39, 0.29) is 36.4 Å². The molecule has 0 bridgehead atoms. The molecule has 2 aromatic heterocycles. The molecule has 3 rings (SSSR count). The highest BCUT2D eigenvalue weighted by Gasteiger charge is 2.27. The number of nitrogens with one attached hydrogen (secondary N) is 1. The molecule has 28 heavy (non-hydrogen) atoms. The monoisotopic (exact) mass is 519 g/mol. The van der Waals surface area contributed by atoms with Crippen LogP contribution in [0.15, 0.2) is 35.7 Å². The summed E-state index contributed by atoms with van der Waals surface area (Å²) in [7, 11) is 3.52. The molecular formula is C17H23ClIN7O2. The Balaban J connectivity index is 0.00000280. The summed E-state index contributed by atoms with van der Waals surface area (Å²) in [5, 5.41) is 7.79. The van der Waals surface area contributed by atoms with E-state index in [0.717, 1.165) is 5.69 Å². The van der Waals surface area contributed by atoms with Gasteiger partial charge in [0, 0.05) is 39.6 Å². The van der Waals surface area contributed by atoms with Gasteiger partial charge >= 0.3 is 0 Å². The SMILES string of the molecule is CN=C(NCCOc1ncccc1Cl)N1CCN(c2cnn(C)c2)C(=O)C1.I. The number of aliphatic imine (C=N–C) groups is 1. The van der Waals surface area contributed by atoms with E-state index in [1.807, 2.05) is 18.1 Å². The van der Waals surface area contributed by atoms with Crippen LogP contribution in [0.5, 0.6) is 5.88 Å². The number of anilines is 1. The minimum Gasteiger partial charge on any atom is -0.475 e. The zero-order valence-electron chi connectivity index (χ0n) is 15.7. The van der Waals surface area contributed by atoms with Crippen molar-refractivity contribution in [2.45, 2.75) is 0 Å². The molecule has 11 heteroatoms. The lowest BCUT2D eigenvalue weighted by atomic mass is 10.3. The van der Waals surface area contributed by atoms with Gasteiger partial charge in [0.15, 0.2) is 5.96 Å². The van der Waals surface area contributed by atoms with E-state index < -0.39 is 0 Å². The average molecular weight is 520 g/mol. The van der Waals surface area contributed by atoms with Gasteiger partial charge in [-0.1, -0.05) is 11.6 Å². The summed E-state index contributed by atoms with van der Waals surface area (Å²) in [6.07, 6.45) is 5.16. The van der Waals surface area contributed by atoms with Gasteiger partial charge < -0.3 is 19.9 Å². The molecule has 152 valence electrons. The third kappa shape index (κ3) is 5.47. The Morgan fingerprint density at radius 3 is 2.89 bits per heavy atom. The van der Waals surface area contributed by atoms with E-state index in [1.54, 1.807) is 41.2 Å². The summed E-state index contributed by atoms with van der Waals surface area (Å²) < 4.78 is 7.24. The number of piperazine rings is 1. The first-order valence-electron chi connectivity index (χ1n) is 8.56. The van der Waals surface area contributed by atoms with Gasteiger partial charge in [-0.2, -0.15) is 5.10 Å². The number of halogens is 2. The van der Waals surface area contributed by atoms with Gasteiger partial charge in [0.25, 0.3) is 0 Å². The topological polar surface area (TPSA) is 87.9 Å². The maximum absolute atomic E-state index is 12.5. The normalized spacial score (nSPS) is 14.7. The first-order chi connectivity index (χ1) is 13.1. The summed E-state index contributed by atoms with van der Waals surface area (Å²) in [4.78, 5) is 24.5. The number of hydrogen-bond acceptors (Lipinski definition) is 5. The van der Waals surface area contributed by atoms with Crippen LogP contribution in [0.3, 0.4) is 0 Å². The van der Waals surface area contributed by atoms with Crippen molar-refractivity contribution in [3.63, 3.8) is 0 Å². The molecule has 1 saturated heterocycles. The van der Waals surface area contributed by atoms with Crippen molar-refractivity contribution in [3.05, 3.63) is 35.7 Å². The van der Waals surface area contributed by atoms with E-state index in [4.69, 9.17) is 16.3 Å². The van der Waals surface area contributed by atoms with E-state index in [1.165, 1.54) is 0 Å². The van der Waals surface area contributed by atoms with Gasteiger partial charge in [0.1, 0.15) is 18.2 Å². The van der Waals surface area contributed by atoms with Crippen LogP contribution in [0, 0.1) is 0 Å². The first-order valence-corrected chi connectivity index (χ1v) is 8.94. The largest absolute Gasteiger partial charge is 0.475 e. The number of aromatic nitrogens is 3. The Labute approximate surface area is 185 Å². The molecule has 0 aromatic carbocycles. The van der Waals surface area contributed by atoms with Gasteiger partial charge in [0.2, 0.25) is 11.8 Å². The quantitative estimate of drug-likeness (QED) is 0.278. The van der Waals surface area contributed by atoms with Gasteiger partial charge in [-0.3, -0.25) is 14.5 Å². The van der Waals surface area contributed by atoms with Crippen LogP contribution in [0.25, 0.3) is 0 Å². The number of rotatable bonds is 5. The Morgan fingerprint density at radius 1 is 1.43 bits per heavy atom. The van der Waals surface area contributed by atoms with E-state index >= 15 is 0 Å². The summed E-state index contributed by atoms with van der Waals surface area (Å²) in [5.74, 6) is 1.06. The molecule has 1 aliphatic heterocycles. The van der Waals surface area contributed by atoms with Gasteiger partial charge in [-0.25, -0.2) is 4.98 Å². The number of carbonyl (C=O) groups excluding carboxylic acids is 1. The fourth-order valence-electron chi connectivity index (χ4n) is 2.79. The zero-order valence-corrected chi connectivity index (χ0v) is 18.8. The molecule has 0 atom stereocenters. The predicted molar refractivity (Wildman–Crippen MR) is 119 cm³/mol. The van der Waals surface area contributed by atoms with Crippen molar-refractivity contribution in [3.8, 4) is 5.88 Å². The number of nitrogens with zero attached hydrogens (tertiary/aromatic N) is 6. The summed E-state index contributed by atoms with van der Waals surface area (Å²) >= 11 is 6.01. The van der Waals surface area contributed by atoms with E-state index in [2.05, 4.69) is 20.4 Å². The molecule has 2 aromatic rings. The predicted octanol–water partition coefficient (Wildman–Crippen LogP) is 1.39. The van der Waals surface area contributed by atoms with Crippen LogP contribution in [-0.2, 0) is 11.8 Å². The zero-order chi connectivity index (χ0) is 19.2. The lowest BCUT2D eigenvalue weighted by molar-refractivity contribution is -0.120. The summed E-state index contributed by atoms with van der Waals surface area (Å²) in [6.45, 7) is 2.38. The number of ether oxygens (including phenoxy) is 1. The smallest absolute Gasteiger partial charge is 0.246 e. The molecule has 0 saturated carbocycles. The Bertz CT molecular complexity index is 829. The van der Waals surface area contributed by atoms with Gasteiger partial charge in [-0.15, -0.1) is 24.0 Å². The Morgan fingerprint density at radius 2 is 2.25 bits per heavy atom. The number of aryl methyl sites for hydroxylation is 1. The fraction of sp³-hybridized carbons (Fsp3) is 0.412. The van der Waals surface area contributed by atoms with Crippen molar-refractivity contribution in [1.29, 1.82) is 0 Å². The van der Waals surface area contributed by atoms with Crippen molar-refractivity contribution in [1.82, 2.24) is 25.0 Å². The van der Waals surface area contributed by atoms with Crippen LogP contribution >= 0.6 is 35.6 Å². The number of carbonyl (C=O) groups is 1. The third-order valence-electron chi connectivity index (χ3n) is 4.08. The molecule has 9 nitrogen and oxygen atoms in total. The van der Waals surface area contributed by atoms with Crippen LogP contribution in [0.2, 0.25) is 5.02 Å². The number of pyridine rings is 1. The molecule has 0 radical (unpaired) electrons.